The van der Waals surface area contributed by atoms with Gasteiger partial charge >= 0.3 is 0 Å². The molecule has 12 heteroatoms. The molecule has 2 saturated carbocycles. The van der Waals surface area contributed by atoms with E-state index >= 15 is 0 Å². The van der Waals surface area contributed by atoms with Crippen molar-refractivity contribution in [2.45, 2.75) is 70.4 Å². The van der Waals surface area contributed by atoms with Gasteiger partial charge in [0.1, 0.15) is 24.2 Å². The predicted octanol–water partition coefficient (Wildman–Crippen LogP) is 4.62. The number of carbonyl (C=O) groups is 1. The first-order valence-corrected chi connectivity index (χ1v) is 18.1. The fourth-order valence-electron chi connectivity index (χ4n) is 9.83. The topological polar surface area (TPSA) is 104 Å². The van der Waals surface area contributed by atoms with Crippen LogP contribution in [0.2, 0.25) is 0 Å². The van der Waals surface area contributed by atoms with E-state index in [-0.39, 0.29) is 16.6 Å². The van der Waals surface area contributed by atoms with Gasteiger partial charge in [0, 0.05) is 93.6 Å². The molecular formula is C37H46FN9O2. The van der Waals surface area contributed by atoms with Crippen molar-refractivity contribution >= 4 is 11.7 Å². The standard InChI is InChI=1S/C37H46FN9O2/c1-23(2)32(25-12-27(13-25)46-19-37(20-46)9-10-44(3)35(37)48)47-17-36(18-47)8-11-45(16-36)33-34(43-42-22-41-33)49-30-7-6-26(38)14-28(30)29-15-39-21-40-31(29)24-4-5-24/h6-7,14-15,21-25,27,32H,4-5,8-13,16-20H2,1-3H3/t25?,27?,32-/m1/s1. The van der Waals surface area contributed by atoms with E-state index in [0.717, 1.165) is 82.8 Å². The number of amides is 1. The average Bonchev–Trinajstić information content (AvgIpc) is 3.73. The lowest BCUT2D eigenvalue weighted by molar-refractivity contribution is -0.151. The monoisotopic (exact) mass is 667 g/mol. The van der Waals surface area contributed by atoms with Crippen LogP contribution in [-0.4, -0.2) is 111 Å². The number of rotatable bonds is 9. The summed E-state index contributed by atoms with van der Waals surface area (Å²) in [5, 5.41) is 8.44. The minimum atomic E-state index is -0.346. The number of hydrogen-bond acceptors (Lipinski definition) is 10. The van der Waals surface area contributed by atoms with Gasteiger partial charge in [0.25, 0.3) is 5.88 Å². The van der Waals surface area contributed by atoms with E-state index < -0.39 is 0 Å². The van der Waals surface area contributed by atoms with Crippen LogP contribution in [0.4, 0.5) is 10.2 Å². The Morgan fingerprint density at radius 2 is 1.80 bits per heavy atom. The lowest BCUT2D eigenvalue weighted by Crippen LogP contribution is -2.68. The van der Waals surface area contributed by atoms with Crippen LogP contribution in [0.15, 0.2) is 37.1 Å². The van der Waals surface area contributed by atoms with Gasteiger partial charge in [0.05, 0.1) is 11.1 Å². The van der Waals surface area contributed by atoms with Crippen LogP contribution in [0.5, 0.6) is 11.6 Å². The molecule has 2 aromatic heterocycles. The maximum absolute atomic E-state index is 14.6. The number of anilines is 1. The third kappa shape index (κ3) is 5.37. The first-order chi connectivity index (χ1) is 23.7. The number of hydrogen-bond donors (Lipinski definition) is 0. The summed E-state index contributed by atoms with van der Waals surface area (Å²) in [7, 11) is 1.95. The maximum Gasteiger partial charge on any atom is 0.282 e. The van der Waals surface area contributed by atoms with E-state index in [1.54, 1.807) is 18.6 Å². The summed E-state index contributed by atoms with van der Waals surface area (Å²) >= 11 is 0. The van der Waals surface area contributed by atoms with Gasteiger partial charge in [-0.25, -0.2) is 19.3 Å². The molecule has 4 saturated heterocycles. The van der Waals surface area contributed by atoms with E-state index in [4.69, 9.17) is 4.74 Å². The molecule has 2 aliphatic carbocycles. The number of likely N-dealkylation sites (tertiary alicyclic amines) is 3. The highest BCUT2D eigenvalue weighted by atomic mass is 19.1. The zero-order valence-corrected chi connectivity index (χ0v) is 28.8. The highest BCUT2D eigenvalue weighted by molar-refractivity contribution is 5.86. The summed E-state index contributed by atoms with van der Waals surface area (Å²) in [6.07, 6.45) is 11.5. The van der Waals surface area contributed by atoms with Gasteiger partial charge in [0.2, 0.25) is 5.91 Å². The summed E-state index contributed by atoms with van der Waals surface area (Å²) in [4.78, 5) is 35.7. The first-order valence-electron chi connectivity index (χ1n) is 18.1. The molecule has 258 valence electrons. The number of aromatic nitrogens is 5. The number of halogens is 1. The summed E-state index contributed by atoms with van der Waals surface area (Å²) in [6.45, 7) is 11.5. The van der Waals surface area contributed by atoms with Gasteiger partial charge in [-0.3, -0.25) is 14.6 Å². The van der Waals surface area contributed by atoms with Gasteiger partial charge < -0.3 is 14.5 Å². The van der Waals surface area contributed by atoms with Gasteiger partial charge in [-0.1, -0.05) is 13.8 Å². The van der Waals surface area contributed by atoms with Crippen molar-refractivity contribution in [1.29, 1.82) is 0 Å². The van der Waals surface area contributed by atoms with Gasteiger partial charge in [0.15, 0.2) is 5.82 Å². The molecule has 1 amide bonds. The van der Waals surface area contributed by atoms with Gasteiger partial charge in [-0.15, -0.1) is 10.2 Å². The predicted molar refractivity (Wildman–Crippen MR) is 182 cm³/mol. The third-order valence-corrected chi connectivity index (χ3v) is 12.5. The zero-order valence-electron chi connectivity index (χ0n) is 28.8. The second-order valence-corrected chi connectivity index (χ2v) is 16.3. The maximum atomic E-state index is 14.6. The van der Waals surface area contributed by atoms with Crippen LogP contribution >= 0.6 is 0 Å². The molecule has 3 aromatic rings. The van der Waals surface area contributed by atoms with Crippen LogP contribution < -0.4 is 9.64 Å². The molecule has 1 aromatic carbocycles. The van der Waals surface area contributed by atoms with Crippen molar-refractivity contribution in [2.24, 2.45) is 22.7 Å². The van der Waals surface area contributed by atoms with E-state index in [9.17, 15) is 9.18 Å². The molecule has 49 heavy (non-hydrogen) atoms. The summed E-state index contributed by atoms with van der Waals surface area (Å²) < 4.78 is 21.0. The Morgan fingerprint density at radius 1 is 0.980 bits per heavy atom. The van der Waals surface area contributed by atoms with Crippen LogP contribution in [0.1, 0.15) is 64.0 Å². The average molecular weight is 668 g/mol. The Labute approximate surface area is 287 Å². The van der Waals surface area contributed by atoms with Gasteiger partial charge in [-0.2, -0.15) is 0 Å². The summed E-state index contributed by atoms with van der Waals surface area (Å²) in [6, 6.07) is 5.76. The second kappa shape index (κ2) is 11.7. The molecule has 9 rings (SSSR count). The molecule has 11 nitrogen and oxygen atoms in total. The van der Waals surface area contributed by atoms with Crippen LogP contribution in [0.25, 0.3) is 11.1 Å². The smallest absolute Gasteiger partial charge is 0.282 e. The first kappa shape index (κ1) is 31.2. The number of ether oxygens (including phenoxy) is 1. The molecule has 4 aliphatic heterocycles. The van der Waals surface area contributed by atoms with Crippen LogP contribution in [0.3, 0.4) is 0 Å². The van der Waals surface area contributed by atoms with E-state index in [1.807, 2.05) is 11.9 Å². The van der Waals surface area contributed by atoms with Crippen molar-refractivity contribution in [3.05, 3.63) is 48.6 Å². The third-order valence-electron chi connectivity index (χ3n) is 12.5. The molecule has 1 atom stereocenters. The highest BCUT2D eigenvalue weighted by Gasteiger charge is 2.58. The summed E-state index contributed by atoms with van der Waals surface area (Å²) in [5.41, 5.74) is 2.46. The minimum Gasteiger partial charge on any atom is -0.434 e. The molecule has 6 heterocycles. The molecular weight excluding hydrogens is 621 g/mol. The van der Waals surface area contributed by atoms with E-state index in [0.29, 0.717) is 58.8 Å². The lowest BCUT2D eigenvalue weighted by Gasteiger charge is -2.60. The SMILES string of the molecule is CC(C)[C@H](C1CC(N2CC3(CCN(C)C3=O)C2)C1)N1CC2(CCN(c3ncnnc3Oc3ccc(F)cc3-c3cncnc3C3CC3)C2)C1. The molecule has 0 bridgehead atoms. The van der Waals surface area contributed by atoms with Crippen molar-refractivity contribution in [2.75, 3.05) is 57.8 Å². The molecule has 6 aliphatic rings. The molecule has 0 radical (unpaired) electrons. The second-order valence-electron chi connectivity index (χ2n) is 16.3. The molecule has 0 N–H and O–H groups in total. The molecule has 0 unspecified atom stereocenters. The number of nitrogens with zero attached hydrogens (tertiary/aromatic N) is 9. The highest BCUT2D eigenvalue weighted by Crippen LogP contribution is 2.51. The fraction of sp³-hybridized carbons (Fsp3) is 0.622. The van der Waals surface area contributed by atoms with Crippen LogP contribution in [0, 0.1) is 28.5 Å². The molecule has 6 fully saturated rings. The van der Waals surface area contributed by atoms with Crippen LogP contribution in [-0.2, 0) is 4.79 Å². The van der Waals surface area contributed by atoms with Crippen molar-refractivity contribution in [1.82, 2.24) is 39.8 Å². The number of carbonyl (C=O) groups excluding carboxylic acids is 1. The zero-order chi connectivity index (χ0) is 33.5. The largest absolute Gasteiger partial charge is 0.434 e. The summed E-state index contributed by atoms with van der Waals surface area (Å²) in [5.74, 6) is 3.18. The minimum absolute atomic E-state index is 0.0860. The normalized spacial score (nSPS) is 26.7. The Morgan fingerprint density at radius 3 is 2.53 bits per heavy atom. The lowest BCUT2D eigenvalue weighted by atomic mass is 9.66. The quantitative estimate of drug-likeness (QED) is 0.321. The Kier molecular flexibility index (Phi) is 7.43. The fourth-order valence-corrected chi connectivity index (χ4v) is 9.83. The van der Waals surface area contributed by atoms with Crippen molar-refractivity contribution in [3.63, 3.8) is 0 Å². The van der Waals surface area contributed by atoms with Crippen molar-refractivity contribution in [3.8, 4) is 22.8 Å². The Balaban J connectivity index is 0.851. The molecule has 2 spiro atoms. The number of benzene rings is 1. The Hall–Kier alpha value is -3.77. The van der Waals surface area contributed by atoms with Crippen molar-refractivity contribution < 1.29 is 13.9 Å². The Bertz CT molecular complexity index is 1750. The van der Waals surface area contributed by atoms with E-state index in [2.05, 4.69) is 53.7 Å². The van der Waals surface area contributed by atoms with E-state index in [1.165, 1.54) is 31.3 Å². The van der Waals surface area contributed by atoms with Gasteiger partial charge in [-0.05, 0) is 68.6 Å².